The van der Waals surface area contributed by atoms with Crippen molar-refractivity contribution in [3.63, 3.8) is 0 Å². The minimum Gasteiger partial charge on any atom is -0.497 e. The van der Waals surface area contributed by atoms with Gasteiger partial charge in [-0.25, -0.2) is 5.43 Å². The summed E-state index contributed by atoms with van der Waals surface area (Å²) >= 11 is 0. The van der Waals surface area contributed by atoms with Crippen LogP contribution in [0.25, 0.3) is 0 Å². The Bertz CT molecular complexity index is 498. The standard InChI is InChI=1S/C14H17N3O2/c1-18-12-5-3-4-10(6-12)14(17-15)11-7-13(19-2)9-16-8-11/h3-9,14,17H,15H2,1-2H3. The van der Waals surface area contributed by atoms with E-state index in [1.165, 1.54) is 0 Å². The number of benzene rings is 1. The first-order valence-electron chi connectivity index (χ1n) is 5.87. The van der Waals surface area contributed by atoms with Gasteiger partial charge in [0.05, 0.1) is 26.5 Å². The second-order valence-electron chi connectivity index (χ2n) is 4.03. The number of pyridine rings is 1. The molecule has 3 N–H and O–H groups in total. The number of nitrogens with two attached hydrogens (primary N) is 1. The molecule has 0 spiro atoms. The van der Waals surface area contributed by atoms with Gasteiger partial charge in [0.15, 0.2) is 0 Å². The van der Waals surface area contributed by atoms with Crippen LogP contribution in [0.15, 0.2) is 42.7 Å². The lowest BCUT2D eigenvalue weighted by Crippen LogP contribution is -2.28. The molecule has 1 heterocycles. The van der Waals surface area contributed by atoms with Crippen molar-refractivity contribution >= 4 is 0 Å². The van der Waals surface area contributed by atoms with E-state index in [4.69, 9.17) is 15.3 Å². The summed E-state index contributed by atoms with van der Waals surface area (Å²) in [6.07, 6.45) is 3.41. The number of ether oxygens (including phenoxy) is 2. The monoisotopic (exact) mass is 259 g/mol. The first-order chi connectivity index (χ1) is 9.28. The van der Waals surface area contributed by atoms with Crippen LogP contribution in [0.3, 0.4) is 0 Å². The minimum atomic E-state index is -0.169. The van der Waals surface area contributed by atoms with Gasteiger partial charge in [-0.05, 0) is 29.3 Å². The summed E-state index contributed by atoms with van der Waals surface area (Å²) < 4.78 is 10.4. The molecule has 0 saturated heterocycles. The molecule has 1 aromatic carbocycles. The summed E-state index contributed by atoms with van der Waals surface area (Å²) in [5.41, 5.74) is 4.71. The van der Waals surface area contributed by atoms with Crippen molar-refractivity contribution in [1.82, 2.24) is 10.4 Å². The molecule has 0 bridgehead atoms. The molecule has 0 radical (unpaired) electrons. The maximum Gasteiger partial charge on any atom is 0.137 e. The van der Waals surface area contributed by atoms with Gasteiger partial charge in [-0.3, -0.25) is 10.8 Å². The van der Waals surface area contributed by atoms with Crippen LogP contribution in [0.4, 0.5) is 0 Å². The Morgan fingerprint density at radius 1 is 1.05 bits per heavy atom. The molecule has 2 rings (SSSR count). The zero-order valence-corrected chi connectivity index (χ0v) is 11.0. The summed E-state index contributed by atoms with van der Waals surface area (Å²) in [4.78, 5) is 4.14. The second kappa shape index (κ2) is 6.17. The number of hydrogen-bond donors (Lipinski definition) is 2. The minimum absolute atomic E-state index is 0.169. The van der Waals surface area contributed by atoms with Gasteiger partial charge in [0, 0.05) is 6.20 Å². The molecule has 1 unspecified atom stereocenters. The Hall–Kier alpha value is -2.11. The van der Waals surface area contributed by atoms with Crippen molar-refractivity contribution in [2.75, 3.05) is 14.2 Å². The molecule has 100 valence electrons. The molecular formula is C14H17N3O2. The fourth-order valence-electron chi connectivity index (χ4n) is 1.91. The summed E-state index contributed by atoms with van der Waals surface area (Å²) in [6, 6.07) is 9.46. The van der Waals surface area contributed by atoms with Crippen LogP contribution in [-0.4, -0.2) is 19.2 Å². The van der Waals surface area contributed by atoms with E-state index in [0.29, 0.717) is 5.75 Å². The zero-order chi connectivity index (χ0) is 13.7. The number of nitrogens with zero attached hydrogens (tertiary/aromatic N) is 1. The normalized spacial score (nSPS) is 11.9. The zero-order valence-electron chi connectivity index (χ0n) is 11.0. The average Bonchev–Trinajstić information content (AvgIpc) is 2.48. The third-order valence-corrected chi connectivity index (χ3v) is 2.90. The summed E-state index contributed by atoms with van der Waals surface area (Å²) in [5.74, 6) is 7.14. The molecule has 0 aliphatic rings. The van der Waals surface area contributed by atoms with Gasteiger partial charge in [0.1, 0.15) is 11.5 Å². The van der Waals surface area contributed by atoms with Gasteiger partial charge in [0.25, 0.3) is 0 Å². The van der Waals surface area contributed by atoms with E-state index in [2.05, 4.69) is 10.4 Å². The highest BCUT2D eigenvalue weighted by atomic mass is 16.5. The van der Waals surface area contributed by atoms with Crippen LogP contribution in [0, 0.1) is 0 Å². The first kappa shape index (κ1) is 13.3. The molecule has 5 heteroatoms. The van der Waals surface area contributed by atoms with E-state index in [0.717, 1.165) is 16.9 Å². The van der Waals surface area contributed by atoms with Crippen molar-refractivity contribution in [3.05, 3.63) is 53.9 Å². The quantitative estimate of drug-likeness (QED) is 0.631. The molecule has 2 aromatic rings. The van der Waals surface area contributed by atoms with Gasteiger partial charge < -0.3 is 9.47 Å². The molecule has 5 nitrogen and oxygen atoms in total. The summed E-state index contributed by atoms with van der Waals surface area (Å²) in [6.45, 7) is 0. The third kappa shape index (κ3) is 3.01. The van der Waals surface area contributed by atoms with Crippen molar-refractivity contribution < 1.29 is 9.47 Å². The van der Waals surface area contributed by atoms with Gasteiger partial charge in [0.2, 0.25) is 0 Å². The fourth-order valence-corrected chi connectivity index (χ4v) is 1.91. The first-order valence-corrected chi connectivity index (χ1v) is 5.87. The smallest absolute Gasteiger partial charge is 0.137 e. The fraction of sp³-hybridized carbons (Fsp3) is 0.214. The number of rotatable bonds is 5. The third-order valence-electron chi connectivity index (χ3n) is 2.90. The number of nitrogens with one attached hydrogen (secondary N) is 1. The van der Waals surface area contributed by atoms with Gasteiger partial charge in [-0.15, -0.1) is 0 Å². The van der Waals surface area contributed by atoms with Crippen LogP contribution in [0.2, 0.25) is 0 Å². The molecule has 0 saturated carbocycles. The van der Waals surface area contributed by atoms with E-state index in [1.54, 1.807) is 26.6 Å². The highest BCUT2D eigenvalue weighted by Crippen LogP contribution is 2.26. The molecular weight excluding hydrogens is 242 g/mol. The number of hydrogen-bond acceptors (Lipinski definition) is 5. The highest BCUT2D eigenvalue weighted by Gasteiger charge is 2.14. The highest BCUT2D eigenvalue weighted by molar-refractivity contribution is 5.37. The summed E-state index contributed by atoms with van der Waals surface area (Å²) in [5, 5.41) is 0. The van der Waals surface area contributed by atoms with Gasteiger partial charge >= 0.3 is 0 Å². The molecule has 0 fully saturated rings. The van der Waals surface area contributed by atoms with E-state index in [9.17, 15) is 0 Å². The molecule has 19 heavy (non-hydrogen) atoms. The van der Waals surface area contributed by atoms with Crippen LogP contribution < -0.4 is 20.7 Å². The Balaban J connectivity index is 2.37. The maximum atomic E-state index is 5.66. The number of methoxy groups -OCH3 is 2. The van der Waals surface area contributed by atoms with Crippen molar-refractivity contribution in [2.24, 2.45) is 5.84 Å². The van der Waals surface area contributed by atoms with Crippen LogP contribution in [0.1, 0.15) is 17.2 Å². The average molecular weight is 259 g/mol. The topological polar surface area (TPSA) is 69.4 Å². The Morgan fingerprint density at radius 2 is 1.79 bits per heavy atom. The SMILES string of the molecule is COc1cccc(C(NN)c2cncc(OC)c2)c1. The Kier molecular flexibility index (Phi) is 4.33. The van der Waals surface area contributed by atoms with Gasteiger partial charge in [-0.2, -0.15) is 0 Å². The number of hydrazine groups is 1. The molecule has 1 atom stereocenters. The van der Waals surface area contributed by atoms with Crippen molar-refractivity contribution in [2.45, 2.75) is 6.04 Å². The molecule has 0 aliphatic carbocycles. The van der Waals surface area contributed by atoms with Crippen LogP contribution >= 0.6 is 0 Å². The van der Waals surface area contributed by atoms with E-state index in [-0.39, 0.29) is 6.04 Å². The maximum absolute atomic E-state index is 5.66. The van der Waals surface area contributed by atoms with Crippen molar-refractivity contribution in [1.29, 1.82) is 0 Å². The Morgan fingerprint density at radius 3 is 2.47 bits per heavy atom. The largest absolute Gasteiger partial charge is 0.497 e. The lowest BCUT2D eigenvalue weighted by Gasteiger charge is -2.17. The lowest BCUT2D eigenvalue weighted by atomic mass is 10.0. The predicted octanol–water partition coefficient (Wildman–Crippen LogP) is 1.65. The predicted molar refractivity (Wildman–Crippen MR) is 72.9 cm³/mol. The number of aromatic nitrogens is 1. The molecule has 0 aliphatic heterocycles. The van der Waals surface area contributed by atoms with Gasteiger partial charge in [-0.1, -0.05) is 12.1 Å². The second-order valence-corrected chi connectivity index (χ2v) is 4.03. The van der Waals surface area contributed by atoms with Crippen molar-refractivity contribution in [3.8, 4) is 11.5 Å². The van der Waals surface area contributed by atoms with E-state index in [1.807, 2.05) is 30.3 Å². The lowest BCUT2D eigenvalue weighted by molar-refractivity contribution is 0.411. The van der Waals surface area contributed by atoms with E-state index >= 15 is 0 Å². The molecule has 0 amide bonds. The van der Waals surface area contributed by atoms with Crippen LogP contribution in [0.5, 0.6) is 11.5 Å². The summed E-state index contributed by atoms with van der Waals surface area (Å²) in [7, 11) is 3.24. The van der Waals surface area contributed by atoms with Crippen LogP contribution in [-0.2, 0) is 0 Å². The molecule has 1 aromatic heterocycles. The Labute approximate surface area is 112 Å². The van der Waals surface area contributed by atoms with E-state index < -0.39 is 0 Å².